The maximum absolute atomic E-state index is 9.72. The topological polar surface area (TPSA) is 29.5 Å². The summed E-state index contributed by atoms with van der Waals surface area (Å²) in [6, 6.07) is 0. The molecule has 1 heterocycles. The lowest BCUT2D eigenvalue weighted by molar-refractivity contribution is -0.130. The van der Waals surface area contributed by atoms with Crippen molar-refractivity contribution in [3.05, 3.63) is 0 Å². The molecule has 0 saturated carbocycles. The zero-order chi connectivity index (χ0) is 10.2. The molecule has 3 atom stereocenters. The SMILES string of the molecule is CC(C)[C@@H]1CC(C(C)(C)C)C(O)O1. The molecule has 0 aromatic carbocycles. The standard InChI is InChI=1S/C11H22O2/c1-7(2)9-6-8(10(12)13-9)11(3,4)5/h7-10,12H,6H2,1-5H3/t8?,9-,10?/m0/s1. The first-order chi connectivity index (χ1) is 5.82. The Balaban J connectivity index is 2.62. The normalized spacial score (nSPS) is 35.8. The Morgan fingerprint density at radius 1 is 1.31 bits per heavy atom. The zero-order valence-corrected chi connectivity index (χ0v) is 9.37. The van der Waals surface area contributed by atoms with Gasteiger partial charge in [-0.1, -0.05) is 34.6 Å². The molecule has 1 saturated heterocycles. The molecule has 1 aliphatic heterocycles. The van der Waals surface area contributed by atoms with Crippen molar-refractivity contribution in [1.82, 2.24) is 0 Å². The van der Waals surface area contributed by atoms with Crippen LogP contribution in [0, 0.1) is 17.3 Å². The van der Waals surface area contributed by atoms with Crippen LogP contribution in [0.1, 0.15) is 41.0 Å². The average Bonchev–Trinajstić information content (AvgIpc) is 2.29. The van der Waals surface area contributed by atoms with E-state index in [2.05, 4.69) is 34.6 Å². The highest BCUT2D eigenvalue weighted by molar-refractivity contribution is 4.85. The fraction of sp³-hybridized carbons (Fsp3) is 1.00. The van der Waals surface area contributed by atoms with E-state index in [0.717, 1.165) is 6.42 Å². The predicted octanol–water partition coefficient (Wildman–Crippen LogP) is 2.41. The van der Waals surface area contributed by atoms with Crippen molar-refractivity contribution in [2.75, 3.05) is 0 Å². The lowest BCUT2D eigenvalue weighted by atomic mass is 9.78. The molecule has 0 aromatic rings. The Bertz CT molecular complexity index is 169. The quantitative estimate of drug-likeness (QED) is 0.681. The highest BCUT2D eigenvalue weighted by Crippen LogP contribution is 2.40. The summed E-state index contributed by atoms with van der Waals surface area (Å²) in [5.41, 5.74) is 0.142. The molecule has 13 heavy (non-hydrogen) atoms. The van der Waals surface area contributed by atoms with Crippen LogP contribution in [0.25, 0.3) is 0 Å². The van der Waals surface area contributed by atoms with Crippen molar-refractivity contribution >= 4 is 0 Å². The first-order valence-electron chi connectivity index (χ1n) is 5.16. The van der Waals surface area contributed by atoms with E-state index in [1.807, 2.05) is 0 Å². The monoisotopic (exact) mass is 186 g/mol. The average molecular weight is 186 g/mol. The van der Waals surface area contributed by atoms with Crippen molar-refractivity contribution in [2.24, 2.45) is 17.3 Å². The van der Waals surface area contributed by atoms with Crippen LogP contribution in [-0.4, -0.2) is 17.5 Å². The van der Waals surface area contributed by atoms with E-state index in [1.165, 1.54) is 0 Å². The van der Waals surface area contributed by atoms with Gasteiger partial charge in [0.1, 0.15) is 0 Å². The molecule has 2 nitrogen and oxygen atoms in total. The maximum Gasteiger partial charge on any atom is 0.158 e. The van der Waals surface area contributed by atoms with E-state index < -0.39 is 6.29 Å². The largest absolute Gasteiger partial charge is 0.368 e. The second-order valence-corrected chi connectivity index (χ2v) is 5.52. The molecular formula is C11H22O2. The minimum atomic E-state index is -0.563. The molecule has 0 bridgehead atoms. The second-order valence-electron chi connectivity index (χ2n) is 5.52. The Kier molecular flexibility index (Phi) is 3.03. The highest BCUT2D eigenvalue weighted by Gasteiger charge is 2.41. The molecule has 1 aliphatic rings. The summed E-state index contributed by atoms with van der Waals surface area (Å²) in [6.45, 7) is 10.8. The highest BCUT2D eigenvalue weighted by atomic mass is 16.6. The number of hydrogen-bond donors (Lipinski definition) is 1. The van der Waals surface area contributed by atoms with Gasteiger partial charge in [0.05, 0.1) is 6.10 Å². The zero-order valence-electron chi connectivity index (χ0n) is 9.37. The first-order valence-corrected chi connectivity index (χ1v) is 5.16. The molecule has 2 unspecified atom stereocenters. The van der Waals surface area contributed by atoms with E-state index in [4.69, 9.17) is 4.74 Å². The molecule has 0 radical (unpaired) electrons. The van der Waals surface area contributed by atoms with Gasteiger partial charge in [0.25, 0.3) is 0 Å². The van der Waals surface area contributed by atoms with Crippen LogP contribution in [-0.2, 0) is 4.74 Å². The van der Waals surface area contributed by atoms with Crippen LogP contribution >= 0.6 is 0 Å². The molecule has 1 fully saturated rings. The summed E-state index contributed by atoms with van der Waals surface area (Å²) in [6.07, 6.45) is 0.661. The van der Waals surface area contributed by atoms with Crippen LogP contribution in [0.15, 0.2) is 0 Å². The van der Waals surface area contributed by atoms with Crippen LogP contribution in [0.3, 0.4) is 0 Å². The number of hydrogen-bond acceptors (Lipinski definition) is 2. The first kappa shape index (κ1) is 11.0. The van der Waals surface area contributed by atoms with Gasteiger partial charge in [-0.25, -0.2) is 0 Å². The van der Waals surface area contributed by atoms with Crippen LogP contribution in [0.5, 0.6) is 0 Å². The third-order valence-electron chi connectivity index (χ3n) is 3.00. The molecule has 0 aliphatic carbocycles. The number of aliphatic hydroxyl groups excluding tert-OH is 1. The summed E-state index contributed by atoms with van der Waals surface area (Å²) in [7, 11) is 0. The summed E-state index contributed by atoms with van der Waals surface area (Å²) >= 11 is 0. The fourth-order valence-electron chi connectivity index (χ4n) is 1.91. The van der Waals surface area contributed by atoms with E-state index >= 15 is 0 Å². The predicted molar refractivity (Wildman–Crippen MR) is 53.3 cm³/mol. The van der Waals surface area contributed by atoms with Crippen molar-refractivity contribution < 1.29 is 9.84 Å². The molecule has 0 aromatic heterocycles. The van der Waals surface area contributed by atoms with Gasteiger partial charge in [-0.05, 0) is 17.8 Å². The lowest BCUT2D eigenvalue weighted by Gasteiger charge is -2.27. The van der Waals surface area contributed by atoms with E-state index in [0.29, 0.717) is 5.92 Å². The van der Waals surface area contributed by atoms with Crippen molar-refractivity contribution in [2.45, 2.75) is 53.4 Å². The van der Waals surface area contributed by atoms with Crippen LogP contribution in [0.4, 0.5) is 0 Å². The van der Waals surface area contributed by atoms with Gasteiger partial charge in [0, 0.05) is 5.92 Å². The minimum Gasteiger partial charge on any atom is -0.368 e. The van der Waals surface area contributed by atoms with Crippen LogP contribution in [0.2, 0.25) is 0 Å². The van der Waals surface area contributed by atoms with Gasteiger partial charge in [-0.3, -0.25) is 0 Å². The fourth-order valence-corrected chi connectivity index (χ4v) is 1.91. The summed E-state index contributed by atoms with van der Waals surface area (Å²) in [5.74, 6) is 0.780. The molecule has 1 N–H and O–H groups in total. The van der Waals surface area contributed by atoms with Gasteiger partial charge < -0.3 is 9.84 Å². The van der Waals surface area contributed by atoms with Crippen molar-refractivity contribution in [1.29, 1.82) is 0 Å². The molecular weight excluding hydrogens is 164 g/mol. The van der Waals surface area contributed by atoms with Gasteiger partial charge in [-0.2, -0.15) is 0 Å². The van der Waals surface area contributed by atoms with Gasteiger partial charge >= 0.3 is 0 Å². The summed E-state index contributed by atoms with van der Waals surface area (Å²) in [5, 5.41) is 9.72. The van der Waals surface area contributed by atoms with Gasteiger partial charge in [0.15, 0.2) is 6.29 Å². The van der Waals surface area contributed by atoms with Gasteiger partial charge in [-0.15, -0.1) is 0 Å². The molecule has 1 rings (SSSR count). The van der Waals surface area contributed by atoms with E-state index in [-0.39, 0.29) is 17.4 Å². The number of ether oxygens (including phenoxy) is 1. The maximum atomic E-state index is 9.72. The van der Waals surface area contributed by atoms with Crippen molar-refractivity contribution in [3.63, 3.8) is 0 Å². The molecule has 2 heteroatoms. The number of aliphatic hydroxyl groups is 1. The Hall–Kier alpha value is -0.0800. The Morgan fingerprint density at radius 3 is 2.08 bits per heavy atom. The smallest absolute Gasteiger partial charge is 0.158 e. The lowest BCUT2D eigenvalue weighted by Crippen LogP contribution is -2.27. The number of rotatable bonds is 1. The van der Waals surface area contributed by atoms with Crippen LogP contribution < -0.4 is 0 Å². The third kappa shape index (κ3) is 2.44. The van der Waals surface area contributed by atoms with E-state index in [1.54, 1.807) is 0 Å². The molecule has 0 spiro atoms. The minimum absolute atomic E-state index is 0.142. The van der Waals surface area contributed by atoms with Gasteiger partial charge in [0.2, 0.25) is 0 Å². The molecule has 0 amide bonds. The Morgan fingerprint density at radius 2 is 1.85 bits per heavy atom. The summed E-state index contributed by atoms with van der Waals surface area (Å²) in [4.78, 5) is 0. The second kappa shape index (κ2) is 3.58. The van der Waals surface area contributed by atoms with Crippen molar-refractivity contribution in [3.8, 4) is 0 Å². The summed E-state index contributed by atoms with van der Waals surface area (Å²) < 4.78 is 5.52. The Labute approximate surface area is 81.3 Å². The third-order valence-corrected chi connectivity index (χ3v) is 3.00. The van der Waals surface area contributed by atoms with E-state index in [9.17, 15) is 5.11 Å². The molecule has 78 valence electrons.